The number of halogens is 1. The van der Waals surface area contributed by atoms with Crippen molar-refractivity contribution in [3.05, 3.63) is 39.4 Å². The van der Waals surface area contributed by atoms with Gasteiger partial charge >= 0.3 is 0 Å². The summed E-state index contributed by atoms with van der Waals surface area (Å²) < 4.78 is 7.88. The van der Waals surface area contributed by atoms with Gasteiger partial charge in [0.05, 0.1) is 26.8 Å². The molecule has 0 amide bonds. The van der Waals surface area contributed by atoms with E-state index in [1.807, 2.05) is 25.1 Å². The van der Waals surface area contributed by atoms with Crippen LogP contribution in [0.5, 0.6) is 0 Å². The average Bonchev–Trinajstić information content (AvgIpc) is 3.17. The van der Waals surface area contributed by atoms with Crippen LogP contribution in [0, 0.1) is 6.92 Å². The number of nitrogens with zero attached hydrogens (tertiary/aromatic N) is 4. The Labute approximate surface area is 133 Å². The topological polar surface area (TPSA) is 56.2 Å². The van der Waals surface area contributed by atoms with Crippen LogP contribution in [0.2, 0.25) is 4.34 Å². The second kappa shape index (κ2) is 5.01. The number of rotatable bonds is 2. The van der Waals surface area contributed by atoms with E-state index in [0.717, 1.165) is 37.2 Å². The van der Waals surface area contributed by atoms with Crippen LogP contribution in [0.3, 0.4) is 0 Å². The Morgan fingerprint density at radius 3 is 2.90 bits per heavy atom. The van der Waals surface area contributed by atoms with E-state index in [1.54, 1.807) is 22.7 Å². The molecule has 21 heavy (non-hydrogen) atoms. The number of hydrogen-bond acceptors (Lipinski definition) is 6. The Morgan fingerprint density at radius 2 is 2.19 bits per heavy atom. The molecule has 4 heterocycles. The summed E-state index contributed by atoms with van der Waals surface area (Å²) in [6.45, 7) is 1.90. The van der Waals surface area contributed by atoms with Crippen LogP contribution in [-0.4, -0.2) is 26.3 Å². The maximum absolute atomic E-state index is 6.00. The molecule has 1 aliphatic heterocycles. The number of thioether (sulfide) groups is 1. The molecule has 0 saturated heterocycles. The zero-order chi connectivity index (χ0) is 14.4. The molecule has 0 aromatic carbocycles. The van der Waals surface area contributed by atoms with Gasteiger partial charge in [-0.3, -0.25) is 0 Å². The van der Waals surface area contributed by atoms with Crippen molar-refractivity contribution in [1.29, 1.82) is 0 Å². The van der Waals surface area contributed by atoms with Crippen LogP contribution in [-0.2, 0) is 0 Å². The highest BCUT2D eigenvalue weighted by Gasteiger charge is 2.22. The van der Waals surface area contributed by atoms with E-state index < -0.39 is 0 Å². The van der Waals surface area contributed by atoms with Gasteiger partial charge in [-0.25, -0.2) is 0 Å². The van der Waals surface area contributed by atoms with Gasteiger partial charge in [-0.2, -0.15) is 9.78 Å². The molecule has 3 aromatic rings. The van der Waals surface area contributed by atoms with Crippen molar-refractivity contribution in [3.63, 3.8) is 0 Å². The summed E-state index contributed by atoms with van der Waals surface area (Å²) >= 11 is 9.15. The van der Waals surface area contributed by atoms with Crippen LogP contribution in [0.15, 0.2) is 39.1 Å². The molecular weight excluding hydrogens is 328 g/mol. The normalized spacial score (nSPS) is 14.1. The second-order valence-electron chi connectivity index (χ2n) is 4.45. The zero-order valence-corrected chi connectivity index (χ0v) is 13.3. The molecule has 0 aliphatic carbocycles. The molecule has 0 saturated carbocycles. The van der Waals surface area contributed by atoms with Gasteiger partial charge in [-0.1, -0.05) is 23.4 Å². The van der Waals surface area contributed by atoms with Crippen LogP contribution in [0.4, 0.5) is 0 Å². The lowest BCUT2D eigenvalue weighted by atomic mass is 10.2. The lowest BCUT2D eigenvalue weighted by Gasteiger charge is -2.12. The molecule has 0 radical (unpaired) electrons. The van der Waals surface area contributed by atoms with Crippen molar-refractivity contribution >= 4 is 40.4 Å². The summed E-state index contributed by atoms with van der Waals surface area (Å²) in [5.41, 5.74) is 1.88. The largest absolute Gasteiger partial charge is 0.469 e. The van der Waals surface area contributed by atoms with Gasteiger partial charge in [0.25, 0.3) is 0 Å². The standard InChI is InChI=1S/C13H9ClN4OS2/c1-7-8(4-5-19-7)12-15-16-13-18(12)17-9(6-20-13)10-2-3-11(14)21-10/h2-5H,6H2,1H3. The van der Waals surface area contributed by atoms with Crippen molar-refractivity contribution in [2.75, 3.05) is 5.75 Å². The van der Waals surface area contributed by atoms with Gasteiger partial charge in [0, 0.05) is 5.75 Å². The summed E-state index contributed by atoms with van der Waals surface area (Å²) in [5.74, 6) is 2.26. The Hall–Kier alpha value is -1.57. The SMILES string of the molecule is Cc1occc1-c1nnc2n1N=C(c1ccc(Cl)s1)CS2. The van der Waals surface area contributed by atoms with E-state index in [0.29, 0.717) is 5.82 Å². The molecule has 0 bridgehead atoms. The van der Waals surface area contributed by atoms with Crippen LogP contribution < -0.4 is 0 Å². The van der Waals surface area contributed by atoms with E-state index in [4.69, 9.17) is 16.0 Å². The maximum Gasteiger partial charge on any atom is 0.212 e. The Bertz CT molecular complexity index is 848. The first-order chi connectivity index (χ1) is 10.2. The number of aromatic nitrogens is 3. The number of thiophene rings is 1. The van der Waals surface area contributed by atoms with E-state index in [1.165, 1.54) is 11.3 Å². The highest BCUT2D eigenvalue weighted by Crippen LogP contribution is 2.32. The molecule has 0 spiro atoms. The van der Waals surface area contributed by atoms with Gasteiger partial charge in [-0.15, -0.1) is 21.5 Å². The summed E-state index contributed by atoms with van der Waals surface area (Å²) in [4.78, 5) is 1.07. The lowest BCUT2D eigenvalue weighted by molar-refractivity contribution is 0.534. The van der Waals surface area contributed by atoms with Crippen LogP contribution >= 0.6 is 34.7 Å². The summed E-state index contributed by atoms with van der Waals surface area (Å²) in [7, 11) is 0. The summed E-state index contributed by atoms with van der Waals surface area (Å²) in [6.07, 6.45) is 1.64. The van der Waals surface area contributed by atoms with Crippen molar-refractivity contribution < 1.29 is 4.42 Å². The van der Waals surface area contributed by atoms with Gasteiger partial charge < -0.3 is 4.42 Å². The molecule has 0 atom stereocenters. The van der Waals surface area contributed by atoms with E-state index in [9.17, 15) is 0 Å². The first-order valence-corrected chi connectivity index (χ1v) is 8.36. The third-order valence-electron chi connectivity index (χ3n) is 3.13. The van der Waals surface area contributed by atoms with Crippen molar-refractivity contribution in [1.82, 2.24) is 14.9 Å². The molecule has 8 heteroatoms. The molecule has 4 rings (SSSR count). The second-order valence-corrected chi connectivity index (χ2v) is 7.11. The van der Waals surface area contributed by atoms with E-state index in [-0.39, 0.29) is 0 Å². The highest BCUT2D eigenvalue weighted by molar-refractivity contribution is 7.99. The fourth-order valence-electron chi connectivity index (χ4n) is 2.10. The smallest absolute Gasteiger partial charge is 0.212 e. The molecule has 1 aliphatic rings. The van der Waals surface area contributed by atoms with Crippen molar-refractivity contribution in [3.8, 4) is 11.4 Å². The highest BCUT2D eigenvalue weighted by atomic mass is 35.5. The van der Waals surface area contributed by atoms with Crippen molar-refractivity contribution in [2.45, 2.75) is 12.1 Å². The Morgan fingerprint density at radius 1 is 1.29 bits per heavy atom. The number of hydrogen-bond donors (Lipinski definition) is 0. The minimum atomic E-state index is 0.698. The van der Waals surface area contributed by atoms with E-state index in [2.05, 4.69) is 15.3 Å². The average molecular weight is 337 g/mol. The quantitative estimate of drug-likeness (QED) is 0.711. The lowest BCUT2D eigenvalue weighted by Crippen LogP contribution is -2.12. The molecule has 0 N–H and O–H groups in total. The minimum Gasteiger partial charge on any atom is -0.469 e. The van der Waals surface area contributed by atoms with Crippen LogP contribution in [0.1, 0.15) is 10.6 Å². The van der Waals surface area contributed by atoms with Gasteiger partial charge in [0.2, 0.25) is 5.16 Å². The fraction of sp³-hybridized carbons (Fsp3) is 0.154. The third kappa shape index (κ3) is 2.21. The Balaban J connectivity index is 1.83. The number of fused-ring (bicyclic) bond motifs is 1. The minimum absolute atomic E-state index is 0.698. The van der Waals surface area contributed by atoms with Crippen molar-refractivity contribution in [2.24, 2.45) is 5.10 Å². The van der Waals surface area contributed by atoms with E-state index >= 15 is 0 Å². The molecule has 5 nitrogen and oxygen atoms in total. The third-order valence-corrected chi connectivity index (χ3v) is 5.34. The van der Waals surface area contributed by atoms with Crippen LogP contribution in [0.25, 0.3) is 11.4 Å². The number of aryl methyl sites for hydroxylation is 1. The Kier molecular flexibility index (Phi) is 3.13. The number of furan rings is 1. The molecule has 0 fully saturated rings. The first-order valence-electron chi connectivity index (χ1n) is 6.18. The molecular formula is C13H9ClN4OS2. The molecule has 0 unspecified atom stereocenters. The zero-order valence-electron chi connectivity index (χ0n) is 10.9. The predicted molar refractivity (Wildman–Crippen MR) is 84.4 cm³/mol. The fourth-order valence-corrected chi connectivity index (χ4v) is 4.05. The van der Waals surface area contributed by atoms with Gasteiger partial charge in [0.1, 0.15) is 5.76 Å². The summed E-state index contributed by atoms with van der Waals surface area (Å²) in [6, 6.07) is 5.76. The maximum atomic E-state index is 6.00. The first kappa shape index (κ1) is 13.1. The monoisotopic (exact) mass is 336 g/mol. The summed E-state index contributed by atoms with van der Waals surface area (Å²) in [5, 5.41) is 13.9. The molecule has 106 valence electrons. The molecule has 3 aromatic heterocycles. The van der Waals surface area contributed by atoms with Gasteiger partial charge in [0.15, 0.2) is 5.82 Å². The van der Waals surface area contributed by atoms with Gasteiger partial charge in [-0.05, 0) is 25.1 Å². The predicted octanol–water partition coefficient (Wildman–Crippen LogP) is 3.92.